The molecule has 0 atom stereocenters. The van der Waals surface area contributed by atoms with Gasteiger partial charge in [0.25, 0.3) is 5.91 Å². The van der Waals surface area contributed by atoms with E-state index in [1.54, 1.807) is 4.90 Å². The lowest BCUT2D eigenvalue weighted by molar-refractivity contribution is -0.157. The molecule has 0 aromatic heterocycles. The molecule has 0 unspecified atom stereocenters. The van der Waals surface area contributed by atoms with Gasteiger partial charge in [-0.15, -0.1) is 0 Å². The topological polar surface area (TPSA) is 49.8 Å². The number of hydrogen-bond acceptors (Lipinski definition) is 3. The Hall–Kier alpha value is -1.55. The molecule has 0 spiro atoms. The highest BCUT2D eigenvalue weighted by molar-refractivity contribution is 5.79. The number of ether oxygens (including phenoxy) is 1. The molecular formula is C13H17NO3. The first-order chi connectivity index (χ1) is 8.13. The van der Waals surface area contributed by atoms with Crippen LogP contribution in [-0.2, 0) is 4.79 Å². The van der Waals surface area contributed by atoms with E-state index >= 15 is 0 Å². The lowest BCUT2D eigenvalue weighted by Crippen LogP contribution is -2.63. The van der Waals surface area contributed by atoms with Crippen molar-refractivity contribution in [3.8, 4) is 5.75 Å². The number of β-amino-alcohol motifs (C(OH)–C–C–N with tert-alkyl or cyclic N) is 1. The van der Waals surface area contributed by atoms with E-state index < -0.39 is 5.60 Å². The van der Waals surface area contributed by atoms with E-state index in [0.29, 0.717) is 25.3 Å². The number of amides is 1. The summed E-state index contributed by atoms with van der Waals surface area (Å²) in [6.45, 7) is 2.78. The molecule has 0 saturated carbocycles. The van der Waals surface area contributed by atoms with Crippen LogP contribution in [0.25, 0.3) is 0 Å². The molecular weight excluding hydrogens is 218 g/mol. The summed E-state index contributed by atoms with van der Waals surface area (Å²) in [5.74, 6) is 0.610. The second kappa shape index (κ2) is 4.75. The van der Waals surface area contributed by atoms with Gasteiger partial charge in [-0.05, 0) is 18.6 Å². The Bertz CT molecular complexity index is 385. The largest absolute Gasteiger partial charge is 0.484 e. The van der Waals surface area contributed by atoms with Gasteiger partial charge in [-0.2, -0.15) is 0 Å². The lowest BCUT2D eigenvalue weighted by Gasteiger charge is -2.45. The molecule has 0 aliphatic carbocycles. The average molecular weight is 235 g/mol. The van der Waals surface area contributed by atoms with Gasteiger partial charge in [-0.3, -0.25) is 4.79 Å². The molecule has 1 amide bonds. The molecule has 0 radical (unpaired) electrons. The summed E-state index contributed by atoms with van der Waals surface area (Å²) in [6, 6.07) is 9.24. The van der Waals surface area contributed by atoms with Gasteiger partial charge in [0, 0.05) is 0 Å². The average Bonchev–Trinajstić information content (AvgIpc) is 2.33. The van der Waals surface area contributed by atoms with E-state index in [0.717, 1.165) is 0 Å². The smallest absolute Gasteiger partial charge is 0.260 e. The van der Waals surface area contributed by atoms with Gasteiger partial charge in [0.1, 0.15) is 5.75 Å². The monoisotopic (exact) mass is 235 g/mol. The maximum Gasteiger partial charge on any atom is 0.260 e. The number of nitrogens with zero attached hydrogens (tertiary/aromatic N) is 1. The van der Waals surface area contributed by atoms with Crippen LogP contribution in [0, 0.1) is 0 Å². The van der Waals surface area contributed by atoms with Crippen molar-refractivity contribution in [1.29, 1.82) is 0 Å². The summed E-state index contributed by atoms with van der Waals surface area (Å²) < 4.78 is 5.35. The Balaban J connectivity index is 1.76. The maximum atomic E-state index is 11.7. The van der Waals surface area contributed by atoms with E-state index in [2.05, 4.69) is 0 Å². The number of rotatable bonds is 4. The van der Waals surface area contributed by atoms with E-state index in [1.165, 1.54) is 0 Å². The van der Waals surface area contributed by atoms with Gasteiger partial charge < -0.3 is 14.7 Å². The van der Waals surface area contributed by atoms with Crippen LogP contribution in [0.1, 0.15) is 13.3 Å². The normalized spacial score (nSPS) is 17.4. The van der Waals surface area contributed by atoms with Crippen molar-refractivity contribution in [1.82, 2.24) is 4.90 Å². The summed E-state index contributed by atoms with van der Waals surface area (Å²) in [7, 11) is 0. The van der Waals surface area contributed by atoms with E-state index in [4.69, 9.17) is 4.74 Å². The number of benzene rings is 1. The zero-order chi connectivity index (χ0) is 12.3. The highest BCUT2D eigenvalue weighted by atomic mass is 16.5. The minimum Gasteiger partial charge on any atom is -0.484 e. The quantitative estimate of drug-likeness (QED) is 0.848. The Morgan fingerprint density at radius 1 is 1.41 bits per heavy atom. The Kier molecular flexibility index (Phi) is 3.33. The van der Waals surface area contributed by atoms with Crippen LogP contribution in [0.15, 0.2) is 30.3 Å². The molecule has 92 valence electrons. The zero-order valence-electron chi connectivity index (χ0n) is 9.93. The predicted molar refractivity (Wildman–Crippen MR) is 63.8 cm³/mol. The number of hydrogen-bond donors (Lipinski definition) is 1. The van der Waals surface area contributed by atoms with Crippen LogP contribution >= 0.6 is 0 Å². The number of para-hydroxylation sites is 1. The van der Waals surface area contributed by atoms with E-state index in [-0.39, 0.29) is 12.5 Å². The Morgan fingerprint density at radius 2 is 2.06 bits per heavy atom. The van der Waals surface area contributed by atoms with Gasteiger partial charge in [0.2, 0.25) is 0 Å². The van der Waals surface area contributed by atoms with Crippen molar-refractivity contribution in [3.63, 3.8) is 0 Å². The van der Waals surface area contributed by atoms with Crippen LogP contribution < -0.4 is 4.74 Å². The number of carbonyl (C=O) groups is 1. The highest BCUT2D eigenvalue weighted by Gasteiger charge is 2.41. The molecule has 1 aromatic carbocycles. The molecule has 1 aromatic rings. The number of aliphatic hydroxyl groups is 1. The van der Waals surface area contributed by atoms with Crippen LogP contribution in [0.4, 0.5) is 0 Å². The summed E-state index contributed by atoms with van der Waals surface area (Å²) in [4.78, 5) is 13.3. The fraction of sp³-hybridized carbons (Fsp3) is 0.462. The first-order valence-corrected chi connectivity index (χ1v) is 5.81. The molecule has 2 rings (SSSR count). The summed E-state index contributed by atoms with van der Waals surface area (Å²) >= 11 is 0. The minimum atomic E-state index is -0.678. The van der Waals surface area contributed by atoms with Gasteiger partial charge in [0.15, 0.2) is 6.61 Å². The zero-order valence-corrected chi connectivity index (χ0v) is 9.93. The maximum absolute atomic E-state index is 11.7. The molecule has 1 fully saturated rings. The van der Waals surface area contributed by atoms with Crippen LogP contribution in [-0.4, -0.2) is 41.2 Å². The van der Waals surface area contributed by atoms with Gasteiger partial charge >= 0.3 is 0 Å². The number of carbonyl (C=O) groups excluding carboxylic acids is 1. The first kappa shape index (κ1) is 11.9. The van der Waals surface area contributed by atoms with Crippen molar-refractivity contribution >= 4 is 5.91 Å². The Morgan fingerprint density at radius 3 is 2.65 bits per heavy atom. The van der Waals surface area contributed by atoms with E-state index in [9.17, 15) is 9.90 Å². The molecule has 1 saturated heterocycles. The molecule has 4 nitrogen and oxygen atoms in total. The second-order valence-corrected chi connectivity index (χ2v) is 4.43. The van der Waals surface area contributed by atoms with Crippen molar-refractivity contribution in [2.45, 2.75) is 18.9 Å². The van der Waals surface area contributed by atoms with Crippen LogP contribution in [0.3, 0.4) is 0 Å². The van der Waals surface area contributed by atoms with Crippen molar-refractivity contribution in [2.24, 2.45) is 0 Å². The molecule has 0 bridgehead atoms. The fourth-order valence-corrected chi connectivity index (χ4v) is 1.82. The molecule has 1 N–H and O–H groups in total. The third-order valence-electron chi connectivity index (χ3n) is 3.09. The third-order valence-corrected chi connectivity index (χ3v) is 3.09. The second-order valence-electron chi connectivity index (χ2n) is 4.43. The van der Waals surface area contributed by atoms with E-state index in [1.807, 2.05) is 37.3 Å². The molecule has 1 aliphatic heterocycles. The van der Waals surface area contributed by atoms with Gasteiger partial charge in [-0.25, -0.2) is 0 Å². The fourth-order valence-electron chi connectivity index (χ4n) is 1.82. The van der Waals surface area contributed by atoms with Crippen LogP contribution in [0.2, 0.25) is 0 Å². The summed E-state index contributed by atoms with van der Waals surface area (Å²) in [5.41, 5.74) is -0.678. The minimum absolute atomic E-state index is 0.0316. The van der Waals surface area contributed by atoms with Gasteiger partial charge in [-0.1, -0.05) is 25.1 Å². The summed E-state index contributed by atoms with van der Waals surface area (Å²) in [5, 5.41) is 9.79. The van der Waals surface area contributed by atoms with Crippen LogP contribution in [0.5, 0.6) is 5.75 Å². The number of likely N-dealkylation sites (tertiary alicyclic amines) is 1. The highest BCUT2D eigenvalue weighted by Crippen LogP contribution is 2.24. The molecule has 4 heteroatoms. The third kappa shape index (κ3) is 2.77. The lowest BCUT2D eigenvalue weighted by atomic mass is 9.91. The van der Waals surface area contributed by atoms with Crippen molar-refractivity contribution < 1.29 is 14.6 Å². The molecule has 17 heavy (non-hydrogen) atoms. The molecule has 1 heterocycles. The van der Waals surface area contributed by atoms with Gasteiger partial charge in [0.05, 0.1) is 18.7 Å². The summed E-state index contributed by atoms with van der Waals surface area (Å²) in [6.07, 6.45) is 0.677. The SMILES string of the molecule is CCC1(O)CN(C(=O)COc2ccccc2)C1. The predicted octanol–water partition coefficient (Wildman–Crippen LogP) is 1.05. The Labute approximate surface area is 101 Å². The molecule has 1 aliphatic rings. The standard InChI is InChI=1S/C13H17NO3/c1-2-13(16)9-14(10-13)12(15)8-17-11-6-4-3-5-7-11/h3-7,16H,2,8-10H2,1H3. The van der Waals surface area contributed by atoms with Crippen molar-refractivity contribution in [2.75, 3.05) is 19.7 Å². The first-order valence-electron chi connectivity index (χ1n) is 5.81. The van der Waals surface area contributed by atoms with Crippen molar-refractivity contribution in [3.05, 3.63) is 30.3 Å².